The number of nitrogens with zero attached hydrogens (tertiary/aromatic N) is 2. The monoisotopic (exact) mass is 357 g/mol. The highest BCUT2D eigenvalue weighted by Crippen LogP contribution is 2.27. The summed E-state index contributed by atoms with van der Waals surface area (Å²) in [7, 11) is 1.58. The molecule has 20 heavy (non-hydrogen) atoms. The summed E-state index contributed by atoms with van der Waals surface area (Å²) in [6.07, 6.45) is 0. The molecule has 0 bridgehead atoms. The number of methoxy groups -OCH3 is 1. The normalized spacial score (nSPS) is 10.3. The van der Waals surface area contributed by atoms with Gasteiger partial charge in [0.15, 0.2) is 0 Å². The first-order chi connectivity index (χ1) is 9.58. The Morgan fingerprint density at radius 1 is 1.60 bits per heavy atom. The van der Waals surface area contributed by atoms with E-state index in [-0.39, 0.29) is 17.6 Å². The minimum Gasteiger partial charge on any atom is -0.496 e. The van der Waals surface area contributed by atoms with Crippen LogP contribution < -0.4 is 15.8 Å². The first kappa shape index (κ1) is 14.7. The summed E-state index contributed by atoms with van der Waals surface area (Å²) in [5, 5.41) is 9.54. The van der Waals surface area contributed by atoms with E-state index < -0.39 is 0 Å². The molecule has 0 aliphatic rings. The molecule has 0 aliphatic carbocycles. The SMILES string of the molecule is COc1ccc(NC(=O)CSc2n[nH]c(N)n2)cc1Br. The van der Waals surface area contributed by atoms with Crippen molar-refractivity contribution < 1.29 is 9.53 Å². The molecule has 9 heteroatoms. The van der Waals surface area contributed by atoms with E-state index in [1.165, 1.54) is 11.8 Å². The maximum absolute atomic E-state index is 11.8. The number of hydrogen-bond acceptors (Lipinski definition) is 6. The first-order valence-corrected chi connectivity index (χ1v) is 7.30. The van der Waals surface area contributed by atoms with Crippen LogP contribution in [0.1, 0.15) is 0 Å². The van der Waals surface area contributed by atoms with Crippen LogP contribution >= 0.6 is 27.7 Å². The number of rotatable bonds is 5. The molecule has 1 aromatic carbocycles. The van der Waals surface area contributed by atoms with Gasteiger partial charge in [0.1, 0.15) is 5.75 Å². The molecule has 0 unspecified atom stereocenters. The van der Waals surface area contributed by atoms with E-state index in [1.54, 1.807) is 25.3 Å². The van der Waals surface area contributed by atoms with Crippen LogP contribution in [0.5, 0.6) is 5.75 Å². The Kier molecular flexibility index (Phi) is 4.85. The lowest BCUT2D eigenvalue weighted by atomic mass is 10.3. The number of aromatic amines is 1. The van der Waals surface area contributed by atoms with Crippen LogP contribution in [0.15, 0.2) is 27.8 Å². The van der Waals surface area contributed by atoms with E-state index in [4.69, 9.17) is 10.5 Å². The lowest BCUT2D eigenvalue weighted by Crippen LogP contribution is -2.14. The lowest BCUT2D eigenvalue weighted by molar-refractivity contribution is -0.113. The number of benzene rings is 1. The van der Waals surface area contributed by atoms with E-state index >= 15 is 0 Å². The number of anilines is 2. The van der Waals surface area contributed by atoms with Gasteiger partial charge in [0.2, 0.25) is 17.0 Å². The number of aromatic nitrogens is 3. The molecule has 0 spiro atoms. The van der Waals surface area contributed by atoms with E-state index in [1.807, 2.05) is 0 Å². The minimum atomic E-state index is -0.157. The molecule has 0 radical (unpaired) electrons. The van der Waals surface area contributed by atoms with Gasteiger partial charge in [-0.1, -0.05) is 11.8 Å². The predicted octanol–water partition coefficient (Wildman–Crippen LogP) is 1.89. The van der Waals surface area contributed by atoms with Crippen molar-refractivity contribution in [3.63, 3.8) is 0 Å². The van der Waals surface area contributed by atoms with E-state index in [0.29, 0.717) is 16.6 Å². The number of ether oxygens (including phenoxy) is 1. The van der Waals surface area contributed by atoms with Gasteiger partial charge in [-0.25, -0.2) is 5.10 Å². The summed E-state index contributed by atoms with van der Waals surface area (Å²) in [5.41, 5.74) is 6.07. The number of thioether (sulfide) groups is 1. The van der Waals surface area contributed by atoms with Crippen molar-refractivity contribution in [1.29, 1.82) is 0 Å². The molecule has 1 heterocycles. The molecule has 1 aromatic heterocycles. The zero-order valence-electron chi connectivity index (χ0n) is 10.5. The average Bonchev–Trinajstić information content (AvgIpc) is 2.82. The maximum atomic E-state index is 11.8. The van der Waals surface area contributed by atoms with Gasteiger partial charge in [-0.05, 0) is 34.1 Å². The van der Waals surface area contributed by atoms with Crippen molar-refractivity contribution in [1.82, 2.24) is 15.2 Å². The van der Waals surface area contributed by atoms with Gasteiger partial charge >= 0.3 is 0 Å². The third-order valence-corrected chi connectivity index (χ3v) is 3.72. The fourth-order valence-electron chi connectivity index (χ4n) is 1.39. The summed E-state index contributed by atoms with van der Waals surface area (Å²) in [4.78, 5) is 15.7. The van der Waals surface area contributed by atoms with E-state index in [9.17, 15) is 4.79 Å². The highest BCUT2D eigenvalue weighted by atomic mass is 79.9. The summed E-state index contributed by atoms with van der Waals surface area (Å²) in [6.45, 7) is 0. The molecule has 0 saturated carbocycles. The first-order valence-electron chi connectivity index (χ1n) is 5.52. The van der Waals surface area contributed by atoms with Crippen LogP contribution in [0.3, 0.4) is 0 Å². The van der Waals surface area contributed by atoms with Crippen molar-refractivity contribution in [2.75, 3.05) is 23.9 Å². The number of carbonyl (C=O) groups is 1. The predicted molar refractivity (Wildman–Crippen MR) is 80.8 cm³/mol. The fraction of sp³-hybridized carbons (Fsp3) is 0.182. The van der Waals surface area contributed by atoms with Crippen molar-refractivity contribution in [2.45, 2.75) is 5.16 Å². The molecule has 2 aromatic rings. The Hall–Kier alpha value is -1.74. The van der Waals surface area contributed by atoms with E-state index in [2.05, 4.69) is 36.4 Å². The second kappa shape index (κ2) is 6.62. The van der Waals surface area contributed by atoms with Crippen LogP contribution in [0.25, 0.3) is 0 Å². The summed E-state index contributed by atoms with van der Waals surface area (Å²) < 4.78 is 5.89. The number of amides is 1. The van der Waals surface area contributed by atoms with Gasteiger partial charge in [0.25, 0.3) is 0 Å². The fourth-order valence-corrected chi connectivity index (χ4v) is 2.54. The van der Waals surface area contributed by atoms with Gasteiger partial charge in [0, 0.05) is 5.69 Å². The Bertz CT molecular complexity index is 619. The summed E-state index contributed by atoms with van der Waals surface area (Å²) in [5.74, 6) is 0.969. The number of H-pyrrole nitrogens is 1. The highest BCUT2D eigenvalue weighted by molar-refractivity contribution is 9.10. The molecule has 106 valence electrons. The quantitative estimate of drug-likeness (QED) is 0.705. The second-order valence-electron chi connectivity index (χ2n) is 3.69. The Morgan fingerprint density at radius 2 is 2.40 bits per heavy atom. The van der Waals surface area contributed by atoms with Crippen molar-refractivity contribution in [3.8, 4) is 5.75 Å². The van der Waals surface area contributed by atoms with Gasteiger partial charge < -0.3 is 15.8 Å². The highest BCUT2D eigenvalue weighted by Gasteiger charge is 2.08. The van der Waals surface area contributed by atoms with Gasteiger partial charge in [-0.3, -0.25) is 4.79 Å². The summed E-state index contributed by atoms with van der Waals surface area (Å²) in [6, 6.07) is 5.30. The third-order valence-electron chi connectivity index (χ3n) is 2.25. The standard InChI is InChI=1S/C11H12BrN5O2S/c1-19-8-3-2-6(4-7(8)12)14-9(18)5-20-11-15-10(13)16-17-11/h2-4H,5H2,1H3,(H,14,18)(H3,13,15,16,17). The molecule has 4 N–H and O–H groups in total. The molecule has 2 rings (SSSR count). The van der Waals surface area contributed by atoms with Gasteiger partial charge in [-0.15, -0.1) is 5.10 Å². The van der Waals surface area contributed by atoms with Crippen molar-refractivity contribution >= 4 is 45.2 Å². The summed E-state index contributed by atoms with van der Waals surface area (Å²) >= 11 is 4.55. The molecule has 0 atom stereocenters. The molecular weight excluding hydrogens is 346 g/mol. The van der Waals surface area contributed by atoms with Crippen LogP contribution in [0.2, 0.25) is 0 Å². The number of nitrogen functional groups attached to an aromatic ring is 1. The topological polar surface area (TPSA) is 106 Å². The molecule has 1 amide bonds. The number of halogens is 1. The smallest absolute Gasteiger partial charge is 0.234 e. The Labute approximate surface area is 127 Å². The van der Waals surface area contributed by atoms with Crippen LogP contribution in [-0.2, 0) is 4.79 Å². The molecule has 0 fully saturated rings. The molecular formula is C11H12BrN5O2S. The third kappa shape index (κ3) is 3.87. The lowest BCUT2D eigenvalue weighted by Gasteiger charge is -2.07. The number of carbonyl (C=O) groups excluding carboxylic acids is 1. The molecule has 7 nitrogen and oxygen atoms in total. The Balaban J connectivity index is 1.89. The zero-order valence-corrected chi connectivity index (χ0v) is 12.9. The van der Waals surface area contributed by atoms with Crippen LogP contribution in [0.4, 0.5) is 11.6 Å². The molecule has 0 saturated heterocycles. The second-order valence-corrected chi connectivity index (χ2v) is 5.49. The molecule has 0 aliphatic heterocycles. The van der Waals surface area contributed by atoms with Crippen molar-refractivity contribution in [3.05, 3.63) is 22.7 Å². The number of nitrogens with two attached hydrogens (primary N) is 1. The largest absolute Gasteiger partial charge is 0.496 e. The van der Waals surface area contributed by atoms with Crippen LogP contribution in [-0.4, -0.2) is 34.0 Å². The number of nitrogens with one attached hydrogen (secondary N) is 2. The van der Waals surface area contributed by atoms with E-state index in [0.717, 1.165) is 4.47 Å². The zero-order chi connectivity index (χ0) is 14.5. The Morgan fingerprint density at radius 3 is 3.00 bits per heavy atom. The van der Waals surface area contributed by atoms with Crippen LogP contribution in [0, 0.1) is 0 Å². The minimum absolute atomic E-state index is 0.157. The average molecular weight is 358 g/mol. The van der Waals surface area contributed by atoms with Gasteiger partial charge in [0.05, 0.1) is 17.3 Å². The number of hydrogen-bond donors (Lipinski definition) is 3. The van der Waals surface area contributed by atoms with Crippen molar-refractivity contribution in [2.24, 2.45) is 0 Å². The maximum Gasteiger partial charge on any atom is 0.234 e. The van der Waals surface area contributed by atoms with Gasteiger partial charge in [-0.2, -0.15) is 4.98 Å².